The normalized spacial score (nSPS) is 12.6. The third-order valence-electron chi connectivity index (χ3n) is 11.2. The van der Waals surface area contributed by atoms with E-state index >= 15 is 0 Å². The van der Waals surface area contributed by atoms with Gasteiger partial charge in [0.15, 0.2) is 0 Å². The molecule has 4 N–H and O–H groups in total. The second kappa shape index (κ2) is 26.3. The van der Waals surface area contributed by atoms with Crippen molar-refractivity contribution in [1.82, 2.24) is 29.9 Å². The van der Waals surface area contributed by atoms with Gasteiger partial charge in [0.05, 0.1) is 78.5 Å². The van der Waals surface area contributed by atoms with E-state index in [0.29, 0.717) is 57.1 Å². The van der Waals surface area contributed by atoms with E-state index in [4.69, 9.17) is 49.0 Å². The van der Waals surface area contributed by atoms with E-state index in [9.17, 15) is 18.8 Å². The van der Waals surface area contributed by atoms with E-state index in [1.807, 2.05) is 89.8 Å². The minimum Gasteiger partial charge on any atom is -1.00 e. The zero-order valence-corrected chi connectivity index (χ0v) is 46.8. The number of para-hydroxylation sites is 3. The number of halogens is 6. The maximum atomic E-state index is 13.9. The number of hydrogen-bond donors (Lipinski definition) is 4. The van der Waals surface area contributed by atoms with Gasteiger partial charge in [-0.1, -0.05) is 48.0 Å². The molecule has 3 amide bonds. The molecule has 0 saturated heterocycles. The van der Waals surface area contributed by atoms with Crippen molar-refractivity contribution in [2.45, 2.75) is 0 Å². The number of amides is 3. The molecule has 0 radical (unpaired) electrons. The van der Waals surface area contributed by atoms with Crippen molar-refractivity contribution in [3.63, 3.8) is 0 Å². The summed E-state index contributed by atoms with van der Waals surface area (Å²) in [5, 5.41) is 14.5. The molecule has 0 atom stereocenters. The summed E-state index contributed by atoms with van der Waals surface area (Å²) < 4.78 is 29.3. The standard InChI is InChI=1S/C17H13ClN4O2.C17H13FN4O2.C9H10N2O2.C8H4Cl2N2.ClH.FH.K/c2*1-24-10-6-7-14-13(8-10)19-15(23)9-22(14)16-11-4-2-3-5-12(11)20-17(18)21-16;1-13-6-2-3-7-8(4-6)11-9(12)5-10-7;9-7-5-3-1-2-4-6(5)11-8(10)12-7;;;/h2*2-8H,9H2,1H3,(H,19,23);2-4,10H,5H2,1H3,(H,11,12);1-4H;2*1H;/q;;;;;;+1/p-1/i;18-1;;;;1-1;. The number of benzene rings is 6. The Morgan fingerprint density at radius 1 is 0.500 bits per heavy atom. The maximum absolute atomic E-state index is 13.9. The summed E-state index contributed by atoms with van der Waals surface area (Å²) in [4.78, 5) is 63.0. The van der Waals surface area contributed by atoms with Crippen molar-refractivity contribution in [2.24, 2.45) is 0 Å². The van der Waals surface area contributed by atoms with E-state index < -0.39 is 6.08 Å². The van der Waals surface area contributed by atoms with Gasteiger partial charge in [0.2, 0.25) is 28.3 Å². The van der Waals surface area contributed by atoms with Crippen LogP contribution in [0.25, 0.3) is 32.7 Å². The van der Waals surface area contributed by atoms with E-state index in [1.165, 1.54) is 0 Å². The van der Waals surface area contributed by atoms with Crippen molar-refractivity contribution < 1.29 is 89.1 Å². The van der Waals surface area contributed by atoms with Crippen LogP contribution in [0.5, 0.6) is 17.2 Å². The Morgan fingerprint density at radius 3 is 1.45 bits per heavy atom. The molecule has 0 unspecified atom stereocenters. The summed E-state index contributed by atoms with van der Waals surface area (Å²) >= 11 is 17.5. The van der Waals surface area contributed by atoms with Crippen LogP contribution in [-0.2, 0) is 14.4 Å². The first-order valence-electron chi connectivity index (χ1n) is 22.0. The molecule has 3 aliphatic rings. The van der Waals surface area contributed by atoms with Gasteiger partial charge in [-0.05, 0) is 96.0 Å². The number of anilines is 8. The first kappa shape index (κ1) is 58.5. The molecule has 0 aliphatic carbocycles. The molecule has 0 spiro atoms. The molecule has 9 aromatic rings. The number of rotatable bonds is 5. The zero-order valence-electron chi connectivity index (χ0n) is 40.6. The van der Waals surface area contributed by atoms with Crippen LogP contribution in [0.1, 0.15) is 0 Å². The number of nitrogens with zero attached hydrogens (tertiary/aromatic N) is 8. The van der Waals surface area contributed by atoms with Gasteiger partial charge in [-0.25, -0.2) is 19.9 Å². The Kier molecular flexibility index (Phi) is 20.2. The van der Waals surface area contributed by atoms with Gasteiger partial charge in [-0.2, -0.15) is 14.4 Å². The molecule has 384 valence electrons. The summed E-state index contributed by atoms with van der Waals surface area (Å²) in [6, 6.07) is 38.5. The van der Waals surface area contributed by atoms with Crippen molar-refractivity contribution in [3.8, 4) is 17.2 Å². The van der Waals surface area contributed by atoms with Crippen LogP contribution < -0.4 is 101 Å². The molecular weight excluding hydrogens is 1090 g/mol. The number of carbonyl (C=O) groups excluding carboxylic acids is 3. The fourth-order valence-electron chi connectivity index (χ4n) is 7.94. The third-order valence-corrected chi connectivity index (χ3v) is 11.9. The van der Waals surface area contributed by atoms with Gasteiger partial charge in [0, 0.05) is 34.4 Å². The maximum Gasteiger partial charge on any atom is 1.00 e. The average molecular weight is 1130 g/mol. The molecule has 6 heterocycles. The van der Waals surface area contributed by atoms with Gasteiger partial charge >= 0.3 is 57.5 Å². The molecule has 3 aliphatic heterocycles. The van der Waals surface area contributed by atoms with Gasteiger partial charge in [0.25, 0.3) is 0 Å². The molecule has 12 rings (SSSR count). The number of ether oxygens (including phenoxy) is 3. The summed E-state index contributed by atoms with van der Waals surface area (Å²) in [5.41, 5.74) is 6.50. The predicted molar refractivity (Wildman–Crippen MR) is 288 cm³/mol. The van der Waals surface area contributed by atoms with Crippen molar-refractivity contribution >= 4 is 143 Å². The number of carbonyl (C=O) groups is 3. The van der Waals surface area contributed by atoms with Crippen molar-refractivity contribution in [1.29, 1.82) is 0 Å². The Hall–Kier alpha value is -6.79. The number of methoxy groups -OCH3 is 3. The summed E-state index contributed by atoms with van der Waals surface area (Å²) in [5.74, 6) is 2.62. The Balaban J connectivity index is 0.000000169. The summed E-state index contributed by atoms with van der Waals surface area (Å²) in [6.45, 7) is 0.524. The number of nitrogens with one attached hydrogen (secondary N) is 4. The van der Waals surface area contributed by atoms with E-state index in [-0.39, 0.29) is 110 Å². The molecular formula is C51H41Cl4F2KN12O6. The largest absolute Gasteiger partial charge is 1.00 e. The van der Waals surface area contributed by atoms with Crippen LogP contribution in [0.4, 0.5) is 50.2 Å². The van der Waals surface area contributed by atoms with Crippen molar-refractivity contribution in [3.05, 3.63) is 149 Å². The van der Waals surface area contributed by atoms with Crippen LogP contribution in [0.3, 0.4) is 0 Å². The van der Waals surface area contributed by atoms with E-state index in [1.54, 1.807) is 68.7 Å². The quantitative estimate of drug-likeness (QED) is 0.105. The van der Waals surface area contributed by atoms with Gasteiger partial charge in [-0.15, -0.1) is 12.4 Å². The topological polar surface area (TPSA) is 211 Å². The van der Waals surface area contributed by atoms with Crippen LogP contribution in [-0.4, -0.2) is 88.6 Å². The Bertz CT molecular complexity index is 3460. The average Bonchev–Trinajstić information content (AvgIpc) is 3.41. The van der Waals surface area contributed by atoms with Gasteiger partial charge < -0.3 is 50.0 Å². The molecule has 0 saturated carbocycles. The van der Waals surface area contributed by atoms with E-state index in [2.05, 4.69) is 51.2 Å². The predicted octanol–water partition coefficient (Wildman–Crippen LogP) is 4.68. The molecule has 6 aromatic carbocycles. The zero-order chi connectivity index (χ0) is 51.2. The molecule has 0 fully saturated rings. The smallest absolute Gasteiger partial charge is 1.00 e. The second-order valence-corrected chi connectivity index (χ2v) is 16.8. The molecule has 25 heteroatoms. The SMILES string of the molecule is COc1ccc2c(c1)NC(=O)CN2.COc1ccc2c(c1)NC(=O)CN2c1nc(Cl)nc2ccccc12.COc1ccc2c(c1)NC(=O)CN2c1nc([18F])nc2ccccc12.Cl.Clc1nc(Cl)c2ccccc2n1.[18F-].[K+]. The van der Waals surface area contributed by atoms with Crippen molar-refractivity contribution in [2.75, 3.05) is 72.0 Å². The second-order valence-electron chi connectivity index (χ2n) is 15.8. The third kappa shape index (κ3) is 13.4. The first-order valence-corrected chi connectivity index (χ1v) is 23.2. The molecule has 76 heavy (non-hydrogen) atoms. The van der Waals surface area contributed by atoms with Gasteiger partial charge in [-0.3, -0.25) is 14.4 Å². The summed E-state index contributed by atoms with van der Waals surface area (Å²) in [7, 11) is 4.74. The van der Waals surface area contributed by atoms with Gasteiger partial charge in [0.1, 0.15) is 47.1 Å². The Morgan fingerprint density at radius 2 is 0.921 bits per heavy atom. The fraction of sp³-hybridized carbons (Fsp3) is 0.118. The molecule has 18 nitrogen and oxygen atoms in total. The first-order chi connectivity index (χ1) is 35.4. The number of fused-ring (bicyclic) bond motifs is 6. The summed E-state index contributed by atoms with van der Waals surface area (Å²) in [6.07, 6.45) is -0.829. The Labute approximate surface area is 496 Å². The minimum absolute atomic E-state index is 0. The fourth-order valence-corrected chi connectivity index (χ4v) is 8.56. The molecule has 0 bridgehead atoms. The minimum atomic E-state index is -0.829. The molecule has 3 aromatic heterocycles. The number of aromatic nitrogens is 6. The van der Waals surface area contributed by atoms with Crippen LogP contribution in [0, 0.1) is 6.08 Å². The van der Waals surface area contributed by atoms with E-state index in [0.717, 1.165) is 50.3 Å². The monoisotopic (exact) mass is 1130 g/mol. The van der Waals surface area contributed by atoms with Crippen LogP contribution in [0.15, 0.2) is 127 Å². The van der Waals surface area contributed by atoms with Crippen LogP contribution in [0.2, 0.25) is 15.7 Å². The van der Waals surface area contributed by atoms with Crippen LogP contribution >= 0.6 is 47.2 Å². The number of hydrogen-bond acceptors (Lipinski definition) is 15.